The number of unbranched alkanes of at least 4 members (excludes halogenated alkanes) is 11. The number of ether oxygens (including phenoxy) is 3. The van der Waals surface area contributed by atoms with Crippen molar-refractivity contribution in [3.8, 4) is 17.2 Å². The lowest BCUT2D eigenvalue weighted by atomic mass is 10.1. The highest BCUT2D eigenvalue weighted by molar-refractivity contribution is 5.92. The normalized spacial score (nSPS) is 10.9. The van der Waals surface area contributed by atoms with Crippen LogP contribution in [0.15, 0.2) is 47.6 Å². The van der Waals surface area contributed by atoms with Gasteiger partial charge in [0.25, 0.3) is 5.91 Å². The van der Waals surface area contributed by atoms with Gasteiger partial charge in [0.05, 0.1) is 32.0 Å². The van der Waals surface area contributed by atoms with Gasteiger partial charge in [0.2, 0.25) is 5.91 Å². The van der Waals surface area contributed by atoms with Crippen LogP contribution in [0.5, 0.6) is 17.2 Å². The molecule has 2 rings (SSSR count). The standard InChI is InChI=1S/C35H51N3O6/c1-4-6-8-9-10-11-12-13-14-15-16-17-33(39)36-27-34(40)38-37-26-28-18-23-31(32(25-28)42-3)44-35(41)29-19-21-30(22-20-29)43-24-7-5-2/h18-23,25-26H,4-17,24,27H2,1-3H3,(H,36,39)(H,38,40)/b37-26-. The van der Waals surface area contributed by atoms with E-state index < -0.39 is 11.9 Å². The Labute approximate surface area is 263 Å². The predicted molar refractivity (Wildman–Crippen MR) is 175 cm³/mol. The number of carbonyl (C=O) groups excluding carboxylic acids is 3. The fraction of sp³-hybridized carbons (Fsp3) is 0.543. The maximum atomic E-state index is 12.6. The number of amides is 2. The third kappa shape index (κ3) is 15.5. The minimum absolute atomic E-state index is 0.133. The van der Waals surface area contributed by atoms with Gasteiger partial charge in [0, 0.05) is 6.42 Å². The topological polar surface area (TPSA) is 115 Å². The quantitative estimate of drug-likeness (QED) is 0.0447. The molecule has 0 bridgehead atoms. The van der Waals surface area contributed by atoms with E-state index in [0.29, 0.717) is 35.7 Å². The van der Waals surface area contributed by atoms with Gasteiger partial charge >= 0.3 is 5.97 Å². The molecule has 0 aliphatic carbocycles. The van der Waals surface area contributed by atoms with Gasteiger partial charge in [0.1, 0.15) is 5.75 Å². The lowest BCUT2D eigenvalue weighted by Crippen LogP contribution is -2.34. The van der Waals surface area contributed by atoms with Gasteiger partial charge in [-0.25, -0.2) is 10.2 Å². The lowest BCUT2D eigenvalue weighted by Gasteiger charge is -2.10. The van der Waals surface area contributed by atoms with Crippen molar-refractivity contribution in [1.29, 1.82) is 0 Å². The molecule has 0 aliphatic heterocycles. The molecule has 9 heteroatoms. The molecule has 0 saturated carbocycles. The zero-order valence-electron chi connectivity index (χ0n) is 26.8. The van der Waals surface area contributed by atoms with Crippen LogP contribution in [0, 0.1) is 0 Å². The lowest BCUT2D eigenvalue weighted by molar-refractivity contribution is -0.126. The Bertz CT molecular complexity index is 1150. The van der Waals surface area contributed by atoms with Crippen molar-refractivity contribution >= 4 is 24.0 Å². The minimum Gasteiger partial charge on any atom is -0.494 e. The second-order valence-electron chi connectivity index (χ2n) is 10.9. The summed E-state index contributed by atoms with van der Waals surface area (Å²) in [6.07, 6.45) is 17.3. The van der Waals surface area contributed by atoms with Crippen molar-refractivity contribution in [2.24, 2.45) is 5.10 Å². The molecule has 0 saturated heterocycles. The summed E-state index contributed by atoms with van der Waals surface area (Å²) < 4.78 is 16.5. The third-order valence-corrected chi connectivity index (χ3v) is 7.10. The van der Waals surface area contributed by atoms with E-state index in [4.69, 9.17) is 14.2 Å². The summed E-state index contributed by atoms with van der Waals surface area (Å²) in [5, 5.41) is 6.59. The zero-order chi connectivity index (χ0) is 31.8. The van der Waals surface area contributed by atoms with Crippen molar-refractivity contribution in [2.45, 2.75) is 104 Å². The molecule has 0 radical (unpaired) electrons. The van der Waals surface area contributed by atoms with Crippen LogP contribution >= 0.6 is 0 Å². The molecule has 2 aromatic carbocycles. The molecule has 0 fully saturated rings. The van der Waals surface area contributed by atoms with Crippen molar-refractivity contribution in [1.82, 2.24) is 10.7 Å². The largest absolute Gasteiger partial charge is 0.494 e. The van der Waals surface area contributed by atoms with Crippen LogP contribution in [0.1, 0.15) is 120 Å². The Hall–Kier alpha value is -3.88. The van der Waals surface area contributed by atoms with Crippen LogP contribution in [0.2, 0.25) is 0 Å². The number of benzene rings is 2. The molecule has 2 amide bonds. The minimum atomic E-state index is -0.525. The first-order chi connectivity index (χ1) is 21.5. The highest BCUT2D eigenvalue weighted by atomic mass is 16.6. The monoisotopic (exact) mass is 609 g/mol. The van der Waals surface area contributed by atoms with E-state index in [1.165, 1.54) is 64.7 Å². The van der Waals surface area contributed by atoms with Crippen molar-refractivity contribution < 1.29 is 28.6 Å². The third-order valence-electron chi connectivity index (χ3n) is 7.10. The molecule has 0 unspecified atom stereocenters. The smallest absolute Gasteiger partial charge is 0.343 e. The molecule has 242 valence electrons. The number of nitrogens with zero attached hydrogens (tertiary/aromatic N) is 1. The van der Waals surface area contributed by atoms with Crippen LogP contribution in [-0.4, -0.2) is 44.3 Å². The van der Waals surface area contributed by atoms with Gasteiger partial charge < -0.3 is 19.5 Å². The molecule has 44 heavy (non-hydrogen) atoms. The number of nitrogens with one attached hydrogen (secondary N) is 2. The highest BCUT2D eigenvalue weighted by Crippen LogP contribution is 2.28. The van der Waals surface area contributed by atoms with Crippen molar-refractivity contribution in [3.05, 3.63) is 53.6 Å². The molecule has 0 heterocycles. The molecule has 0 aromatic heterocycles. The maximum Gasteiger partial charge on any atom is 0.343 e. The second kappa shape index (κ2) is 22.6. The van der Waals surface area contributed by atoms with Crippen molar-refractivity contribution in [3.63, 3.8) is 0 Å². The molecule has 9 nitrogen and oxygen atoms in total. The number of carbonyl (C=O) groups is 3. The van der Waals surface area contributed by atoms with Crippen LogP contribution in [0.3, 0.4) is 0 Å². The Kier molecular flexibility index (Phi) is 18.7. The number of methoxy groups -OCH3 is 1. The zero-order valence-corrected chi connectivity index (χ0v) is 26.8. The van der Waals surface area contributed by atoms with E-state index in [1.54, 1.807) is 42.5 Å². The maximum absolute atomic E-state index is 12.6. The number of esters is 1. The fourth-order valence-electron chi connectivity index (χ4n) is 4.46. The van der Waals surface area contributed by atoms with E-state index in [2.05, 4.69) is 29.7 Å². The summed E-state index contributed by atoms with van der Waals surface area (Å²) >= 11 is 0. The van der Waals surface area contributed by atoms with Crippen LogP contribution < -0.4 is 25.0 Å². The first-order valence-electron chi connectivity index (χ1n) is 16.2. The van der Waals surface area contributed by atoms with E-state index >= 15 is 0 Å². The highest BCUT2D eigenvalue weighted by Gasteiger charge is 2.13. The van der Waals surface area contributed by atoms with E-state index in [-0.39, 0.29) is 18.2 Å². The summed E-state index contributed by atoms with van der Waals surface area (Å²) in [6.45, 7) is 4.82. The molecular formula is C35H51N3O6. The average Bonchev–Trinajstić information content (AvgIpc) is 3.03. The van der Waals surface area contributed by atoms with Gasteiger partial charge in [-0.05, 0) is 60.9 Å². The number of hydrogen-bond acceptors (Lipinski definition) is 7. The Morgan fingerprint density at radius 2 is 1.39 bits per heavy atom. The van der Waals surface area contributed by atoms with Gasteiger partial charge in [-0.3, -0.25) is 9.59 Å². The van der Waals surface area contributed by atoms with Gasteiger partial charge in [0.15, 0.2) is 11.5 Å². The molecule has 2 aromatic rings. The Morgan fingerprint density at radius 3 is 2.02 bits per heavy atom. The summed E-state index contributed by atoms with van der Waals surface area (Å²) in [4.78, 5) is 36.8. The summed E-state index contributed by atoms with van der Waals surface area (Å²) in [5.74, 6) is 0.206. The summed E-state index contributed by atoms with van der Waals surface area (Å²) in [7, 11) is 1.47. The first kappa shape index (κ1) is 36.3. The molecule has 0 atom stereocenters. The average molecular weight is 610 g/mol. The number of hydrogen-bond donors (Lipinski definition) is 2. The molecule has 0 aliphatic rings. The number of hydrazone groups is 1. The van der Waals surface area contributed by atoms with E-state index in [0.717, 1.165) is 32.1 Å². The van der Waals surface area contributed by atoms with Crippen molar-refractivity contribution in [2.75, 3.05) is 20.3 Å². The first-order valence-corrected chi connectivity index (χ1v) is 16.2. The second-order valence-corrected chi connectivity index (χ2v) is 10.9. The van der Waals surface area contributed by atoms with Crippen LogP contribution in [0.25, 0.3) is 0 Å². The van der Waals surface area contributed by atoms with Gasteiger partial charge in [-0.1, -0.05) is 84.5 Å². The van der Waals surface area contributed by atoms with Crippen LogP contribution in [0.4, 0.5) is 0 Å². The fourth-order valence-corrected chi connectivity index (χ4v) is 4.46. The van der Waals surface area contributed by atoms with Crippen LogP contribution in [-0.2, 0) is 9.59 Å². The van der Waals surface area contributed by atoms with Gasteiger partial charge in [-0.15, -0.1) is 0 Å². The number of rotatable bonds is 23. The summed E-state index contributed by atoms with van der Waals surface area (Å²) in [6, 6.07) is 11.7. The van der Waals surface area contributed by atoms with E-state index in [9.17, 15) is 14.4 Å². The molecule has 0 spiro atoms. The summed E-state index contributed by atoms with van der Waals surface area (Å²) in [5.41, 5.74) is 3.41. The SMILES string of the molecule is CCCCCCCCCCCCCC(=O)NCC(=O)N/N=C\c1ccc(OC(=O)c2ccc(OCCCC)cc2)c(OC)c1. The van der Waals surface area contributed by atoms with E-state index in [1.807, 2.05) is 0 Å². The van der Waals surface area contributed by atoms with Gasteiger partial charge in [-0.2, -0.15) is 5.10 Å². The molecule has 2 N–H and O–H groups in total. The Balaban J connectivity index is 1.66. The molecular weight excluding hydrogens is 558 g/mol. The Morgan fingerprint density at radius 1 is 0.750 bits per heavy atom. The predicted octanol–water partition coefficient (Wildman–Crippen LogP) is 7.36.